The fourth-order valence-electron chi connectivity index (χ4n) is 2.14. The van der Waals surface area contributed by atoms with Crippen molar-refractivity contribution in [1.82, 2.24) is 14.8 Å². The summed E-state index contributed by atoms with van der Waals surface area (Å²) < 4.78 is 1.84. The van der Waals surface area contributed by atoms with Crippen LogP contribution < -0.4 is 0 Å². The Balaban J connectivity index is 1.80. The lowest BCUT2D eigenvalue weighted by Gasteiger charge is -2.08. The maximum Gasteiger partial charge on any atom is 0.269 e. The highest BCUT2D eigenvalue weighted by molar-refractivity contribution is 7.98. The van der Waals surface area contributed by atoms with E-state index in [2.05, 4.69) is 10.2 Å². The predicted molar refractivity (Wildman–Crippen MR) is 93.8 cm³/mol. The fraction of sp³-hybridized carbons (Fsp3) is 0.125. The molecule has 0 aliphatic carbocycles. The van der Waals surface area contributed by atoms with Crippen molar-refractivity contribution in [2.45, 2.75) is 17.8 Å². The van der Waals surface area contributed by atoms with Crippen LogP contribution in [0.5, 0.6) is 0 Å². The summed E-state index contributed by atoms with van der Waals surface area (Å²) in [5.41, 5.74) is 2.81. The molecule has 3 rings (SSSR count). The predicted octanol–water partition coefficient (Wildman–Crippen LogP) is 4.43. The van der Waals surface area contributed by atoms with Crippen LogP contribution >= 0.6 is 23.4 Å². The molecule has 0 fully saturated rings. The van der Waals surface area contributed by atoms with Crippen LogP contribution in [0.4, 0.5) is 5.69 Å². The number of nitro groups is 1. The third-order valence-corrected chi connectivity index (χ3v) is 4.86. The van der Waals surface area contributed by atoms with Gasteiger partial charge in [0.05, 0.1) is 10.6 Å². The molecule has 24 heavy (non-hydrogen) atoms. The van der Waals surface area contributed by atoms with Gasteiger partial charge in [0.2, 0.25) is 0 Å². The van der Waals surface area contributed by atoms with Gasteiger partial charge in [0.1, 0.15) is 6.33 Å². The van der Waals surface area contributed by atoms with E-state index in [4.69, 9.17) is 11.6 Å². The SMILES string of the molecule is Cc1ccc(-n2cnnc2SCc2cccc([N+](=O)[O-])c2)cc1Cl. The van der Waals surface area contributed by atoms with E-state index < -0.39 is 4.92 Å². The summed E-state index contributed by atoms with van der Waals surface area (Å²) in [4.78, 5) is 10.4. The Kier molecular flexibility index (Phi) is 4.82. The van der Waals surface area contributed by atoms with E-state index in [-0.39, 0.29) is 5.69 Å². The van der Waals surface area contributed by atoms with Gasteiger partial charge in [0.15, 0.2) is 5.16 Å². The first-order valence-corrected chi connectivity index (χ1v) is 8.43. The zero-order valence-electron chi connectivity index (χ0n) is 12.7. The normalized spacial score (nSPS) is 10.8. The van der Waals surface area contributed by atoms with Gasteiger partial charge in [0.25, 0.3) is 5.69 Å². The fourth-order valence-corrected chi connectivity index (χ4v) is 3.19. The number of aryl methyl sites for hydroxylation is 1. The first kappa shape index (κ1) is 16.5. The maximum absolute atomic E-state index is 10.8. The number of non-ortho nitro benzene ring substituents is 1. The zero-order chi connectivity index (χ0) is 17.1. The van der Waals surface area contributed by atoms with Crippen LogP contribution in [0.3, 0.4) is 0 Å². The number of hydrogen-bond donors (Lipinski definition) is 0. The lowest BCUT2D eigenvalue weighted by molar-refractivity contribution is -0.384. The molecule has 0 radical (unpaired) electrons. The Morgan fingerprint density at radius 3 is 2.88 bits per heavy atom. The van der Waals surface area contributed by atoms with E-state index in [0.29, 0.717) is 15.9 Å². The van der Waals surface area contributed by atoms with Gasteiger partial charge in [-0.3, -0.25) is 14.7 Å². The first-order chi connectivity index (χ1) is 11.5. The average Bonchev–Trinajstić information content (AvgIpc) is 3.04. The number of rotatable bonds is 5. The van der Waals surface area contributed by atoms with E-state index >= 15 is 0 Å². The smallest absolute Gasteiger partial charge is 0.269 e. The van der Waals surface area contributed by atoms with Gasteiger partial charge in [-0.05, 0) is 30.2 Å². The third-order valence-electron chi connectivity index (χ3n) is 3.44. The molecule has 3 aromatic rings. The minimum Gasteiger partial charge on any atom is -0.277 e. The summed E-state index contributed by atoms with van der Waals surface area (Å²) in [5, 5.41) is 20.3. The van der Waals surface area contributed by atoms with Crippen molar-refractivity contribution in [2.75, 3.05) is 0 Å². The molecule has 0 unspecified atom stereocenters. The monoisotopic (exact) mass is 360 g/mol. The second kappa shape index (κ2) is 7.02. The molecule has 0 amide bonds. The van der Waals surface area contributed by atoms with Crippen molar-refractivity contribution in [3.63, 3.8) is 0 Å². The van der Waals surface area contributed by atoms with Crippen LogP contribution in [-0.2, 0) is 5.75 Å². The Morgan fingerprint density at radius 2 is 2.12 bits per heavy atom. The summed E-state index contributed by atoms with van der Waals surface area (Å²) in [5.74, 6) is 0.556. The largest absolute Gasteiger partial charge is 0.277 e. The minimum atomic E-state index is -0.398. The van der Waals surface area contributed by atoms with Crippen LogP contribution in [0.2, 0.25) is 5.02 Å². The van der Waals surface area contributed by atoms with Gasteiger partial charge in [-0.25, -0.2) is 0 Å². The van der Waals surface area contributed by atoms with Crippen molar-refractivity contribution in [3.05, 3.63) is 75.1 Å². The van der Waals surface area contributed by atoms with Crippen molar-refractivity contribution in [3.8, 4) is 5.69 Å². The lowest BCUT2D eigenvalue weighted by atomic mass is 10.2. The first-order valence-electron chi connectivity index (χ1n) is 7.07. The standard InChI is InChI=1S/C16H13ClN4O2S/c1-11-5-6-13(8-15(11)17)20-10-18-19-16(20)24-9-12-3-2-4-14(7-12)21(22)23/h2-8,10H,9H2,1H3. The van der Waals surface area contributed by atoms with Gasteiger partial charge in [-0.15, -0.1) is 10.2 Å². The van der Waals surface area contributed by atoms with Crippen molar-refractivity contribution in [1.29, 1.82) is 0 Å². The maximum atomic E-state index is 10.8. The Bertz CT molecular complexity index is 897. The second-order valence-electron chi connectivity index (χ2n) is 5.13. The number of nitro benzene ring substituents is 1. The molecule has 0 bridgehead atoms. The molecule has 0 saturated heterocycles. The number of benzene rings is 2. The van der Waals surface area contributed by atoms with E-state index in [1.165, 1.54) is 17.8 Å². The highest BCUT2D eigenvalue weighted by Crippen LogP contribution is 2.26. The van der Waals surface area contributed by atoms with E-state index in [0.717, 1.165) is 16.8 Å². The molecule has 0 spiro atoms. The molecule has 0 atom stereocenters. The van der Waals surface area contributed by atoms with Crippen LogP contribution in [-0.4, -0.2) is 19.7 Å². The highest BCUT2D eigenvalue weighted by atomic mass is 35.5. The number of nitrogens with zero attached hydrogens (tertiary/aromatic N) is 4. The van der Waals surface area contributed by atoms with Crippen molar-refractivity contribution < 1.29 is 4.92 Å². The third kappa shape index (κ3) is 3.58. The molecule has 8 heteroatoms. The Hall–Kier alpha value is -2.38. The molecule has 0 N–H and O–H groups in total. The van der Waals surface area contributed by atoms with Crippen molar-refractivity contribution >= 4 is 29.1 Å². The summed E-state index contributed by atoms with van der Waals surface area (Å²) >= 11 is 7.63. The summed E-state index contributed by atoms with van der Waals surface area (Å²) in [6.45, 7) is 1.94. The number of halogens is 1. The van der Waals surface area contributed by atoms with Gasteiger partial charge >= 0.3 is 0 Å². The summed E-state index contributed by atoms with van der Waals surface area (Å²) in [6, 6.07) is 12.3. The summed E-state index contributed by atoms with van der Waals surface area (Å²) in [6.07, 6.45) is 1.62. The quantitative estimate of drug-likeness (QED) is 0.382. The molecular weight excluding hydrogens is 348 g/mol. The van der Waals surface area contributed by atoms with Gasteiger partial charge < -0.3 is 0 Å². The molecule has 2 aromatic carbocycles. The van der Waals surface area contributed by atoms with Gasteiger partial charge in [-0.2, -0.15) is 0 Å². The van der Waals surface area contributed by atoms with Crippen LogP contribution in [0.1, 0.15) is 11.1 Å². The van der Waals surface area contributed by atoms with E-state index in [9.17, 15) is 10.1 Å². The number of hydrogen-bond acceptors (Lipinski definition) is 5. The number of thioether (sulfide) groups is 1. The molecule has 0 saturated carbocycles. The lowest BCUT2D eigenvalue weighted by Crippen LogP contribution is -1.96. The summed E-state index contributed by atoms with van der Waals surface area (Å²) in [7, 11) is 0. The molecule has 122 valence electrons. The highest BCUT2D eigenvalue weighted by Gasteiger charge is 2.10. The molecule has 6 nitrogen and oxygen atoms in total. The van der Waals surface area contributed by atoms with Crippen LogP contribution in [0, 0.1) is 17.0 Å². The van der Waals surface area contributed by atoms with Gasteiger partial charge in [-0.1, -0.05) is 41.6 Å². The van der Waals surface area contributed by atoms with Crippen LogP contribution in [0.25, 0.3) is 5.69 Å². The number of aromatic nitrogens is 3. The van der Waals surface area contributed by atoms with E-state index in [1.807, 2.05) is 35.8 Å². The average molecular weight is 361 g/mol. The topological polar surface area (TPSA) is 73.8 Å². The zero-order valence-corrected chi connectivity index (χ0v) is 14.3. The Labute approximate surface area is 147 Å². The van der Waals surface area contributed by atoms with Crippen molar-refractivity contribution in [2.24, 2.45) is 0 Å². The molecule has 0 aliphatic rings. The molecule has 0 aliphatic heterocycles. The Morgan fingerprint density at radius 1 is 1.29 bits per heavy atom. The molecular formula is C16H13ClN4O2S. The van der Waals surface area contributed by atoms with E-state index in [1.54, 1.807) is 18.5 Å². The van der Waals surface area contributed by atoms with Crippen LogP contribution in [0.15, 0.2) is 53.9 Å². The second-order valence-corrected chi connectivity index (χ2v) is 6.48. The minimum absolute atomic E-state index is 0.0832. The van der Waals surface area contributed by atoms with Gasteiger partial charge in [0, 0.05) is 22.9 Å². The molecule has 1 aromatic heterocycles. The molecule has 1 heterocycles.